The van der Waals surface area contributed by atoms with Crippen LogP contribution in [0.5, 0.6) is 5.75 Å². The maximum Gasteiger partial charge on any atom is 0.326 e. The van der Waals surface area contributed by atoms with Crippen LogP contribution in [-0.4, -0.2) is 80.6 Å². The molecule has 7 N–H and O–H groups in total. The Kier molecular flexibility index (Phi) is 8.74. The second-order valence-corrected chi connectivity index (χ2v) is 7.91. The zero-order valence-corrected chi connectivity index (χ0v) is 18.1. The van der Waals surface area contributed by atoms with E-state index in [0.717, 1.165) is 4.90 Å². The Morgan fingerprint density at radius 3 is 2.27 bits per heavy atom. The van der Waals surface area contributed by atoms with E-state index in [1.54, 1.807) is 0 Å². The molecule has 180 valence electrons. The molecule has 1 aromatic carbocycles. The SMILES string of the molecule is CC(N)C(=O)NC(CC(=O)O)C(=O)N1CCCC1C(=O)NC(Cc1ccc(O)cc1)C(=O)O. The fourth-order valence-electron chi connectivity index (χ4n) is 3.52. The summed E-state index contributed by atoms with van der Waals surface area (Å²) in [7, 11) is 0. The van der Waals surface area contributed by atoms with Gasteiger partial charge >= 0.3 is 11.9 Å². The van der Waals surface area contributed by atoms with E-state index < -0.39 is 60.2 Å². The lowest BCUT2D eigenvalue weighted by Gasteiger charge is -2.29. The number of hydrogen-bond donors (Lipinski definition) is 6. The topological polar surface area (TPSA) is 199 Å². The second kappa shape index (κ2) is 11.3. The van der Waals surface area contributed by atoms with E-state index in [2.05, 4.69) is 10.6 Å². The standard InChI is InChI=1S/C21H28N4O8/c1-11(22)18(29)23-14(10-17(27)28)20(31)25-8-2-3-16(25)19(30)24-15(21(32)33)9-12-4-6-13(26)7-5-12/h4-7,11,14-16,26H,2-3,8-10,22H2,1H3,(H,23,29)(H,24,30)(H,27,28)(H,32,33). The van der Waals surface area contributed by atoms with Crippen LogP contribution in [0.3, 0.4) is 0 Å². The molecule has 33 heavy (non-hydrogen) atoms. The van der Waals surface area contributed by atoms with Gasteiger partial charge in [0.25, 0.3) is 0 Å². The number of benzene rings is 1. The van der Waals surface area contributed by atoms with Gasteiger partial charge in [-0.1, -0.05) is 12.1 Å². The minimum atomic E-state index is -1.42. The number of nitrogens with one attached hydrogen (secondary N) is 2. The predicted molar refractivity (Wildman–Crippen MR) is 114 cm³/mol. The van der Waals surface area contributed by atoms with Gasteiger partial charge in [0.1, 0.15) is 23.9 Å². The van der Waals surface area contributed by atoms with Gasteiger partial charge in [0.15, 0.2) is 0 Å². The third-order valence-corrected chi connectivity index (χ3v) is 5.24. The van der Waals surface area contributed by atoms with Crippen LogP contribution in [0.15, 0.2) is 24.3 Å². The van der Waals surface area contributed by atoms with Crippen molar-refractivity contribution in [2.24, 2.45) is 5.73 Å². The fourth-order valence-corrected chi connectivity index (χ4v) is 3.52. The number of nitrogens with zero attached hydrogens (tertiary/aromatic N) is 1. The van der Waals surface area contributed by atoms with Crippen LogP contribution >= 0.6 is 0 Å². The van der Waals surface area contributed by atoms with Crippen LogP contribution in [0.25, 0.3) is 0 Å². The highest BCUT2D eigenvalue weighted by molar-refractivity contribution is 5.96. The number of amides is 3. The normalized spacial score (nSPS) is 18.1. The number of aromatic hydroxyl groups is 1. The van der Waals surface area contributed by atoms with Crippen LogP contribution in [0.1, 0.15) is 31.7 Å². The molecule has 4 atom stereocenters. The smallest absolute Gasteiger partial charge is 0.326 e. The molecule has 0 spiro atoms. The van der Waals surface area contributed by atoms with Crippen molar-refractivity contribution in [2.45, 2.75) is 56.8 Å². The maximum absolute atomic E-state index is 13.0. The van der Waals surface area contributed by atoms with Gasteiger partial charge in [-0.25, -0.2) is 4.79 Å². The number of carboxylic acid groups (broad SMARTS) is 2. The van der Waals surface area contributed by atoms with Crippen molar-refractivity contribution in [2.75, 3.05) is 6.54 Å². The van der Waals surface area contributed by atoms with E-state index in [0.29, 0.717) is 12.0 Å². The lowest BCUT2D eigenvalue weighted by molar-refractivity contribution is -0.147. The van der Waals surface area contributed by atoms with E-state index in [4.69, 9.17) is 10.8 Å². The Balaban J connectivity index is 2.13. The minimum Gasteiger partial charge on any atom is -0.508 e. The molecule has 4 unspecified atom stereocenters. The molecule has 1 fully saturated rings. The number of carboxylic acids is 2. The van der Waals surface area contributed by atoms with Crippen molar-refractivity contribution in [3.8, 4) is 5.75 Å². The first-order valence-corrected chi connectivity index (χ1v) is 10.4. The fraction of sp³-hybridized carbons (Fsp3) is 0.476. The van der Waals surface area contributed by atoms with E-state index in [1.165, 1.54) is 31.2 Å². The molecule has 3 amide bonds. The summed E-state index contributed by atoms with van der Waals surface area (Å²) >= 11 is 0. The first-order chi connectivity index (χ1) is 15.5. The lowest BCUT2D eigenvalue weighted by Crippen LogP contribution is -2.57. The van der Waals surface area contributed by atoms with E-state index >= 15 is 0 Å². The summed E-state index contributed by atoms with van der Waals surface area (Å²) in [5.41, 5.74) is 6.05. The molecule has 0 radical (unpaired) electrons. The third kappa shape index (κ3) is 7.17. The van der Waals surface area contributed by atoms with Crippen LogP contribution in [-0.2, 0) is 30.4 Å². The molecule has 0 aliphatic carbocycles. The van der Waals surface area contributed by atoms with Gasteiger partial charge in [0, 0.05) is 13.0 Å². The number of aliphatic carboxylic acids is 2. The van der Waals surface area contributed by atoms with Crippen molar-refractivity contribution in [3.05, 3.63) is 29.8 Å². The lowest BCUT2D eigenvalue weighted by atomic mass is 10.0. The highest BCUT2D eigenvalue weighted by atomic mass is 16.4. The molecule has 1 aliphatic rings. The van der Waals surface area contributed by atoms with Crippen LogP contribution in [0.2, 0.25) is 0 Å². The van der Waals surface area contributed by atoms with Crippen molar-refractivity contribution in [3.63, 3.8) is 0 Å². The molecule has 1 saturated heterocycles. The summed E-state index contributed by atoms with van der Waals surface area (Å²) in [5.74, 6) is -4.75. The van der Waals surface area contributed by atoms with Crippen LogP contribution in [0.4, 0.5) is 0 Å². The number of likely N-dealkylation sites (tertiary alicyclic amines) is 1. The third-order valence-electron chi connectivity index (χ3n) is 5.24. The Morgan fingerprint density at radius 1 is 1.09 bits per heavy atom. The Morgan fingerprint density at radius 2 is 1.73 bits per heavy atom. The number of carbonyl (C=O) groups is 5. The summed E-state index contributed by atoms with van der Waals surface area (Å²) in [5, 5.41) is 32.7. The monoisotopic (exact) mass is 464 g/mol. The van der Waals surface area contributed by atoms with Gasteiger partial charge in [-0.3, -0.25) is 19.2 Å². The molecule has 12 heteroatoms. The van der Waals surface area contributed by atoms with E-state index in [9.17, 15) is 34.2 Å². The highest BCUT2D eigenvalue weighted by Gasteiger charge is 2.39. The molecule has 12 nitrogen and oxygen atoms in total. The number of hydrogen-bond acceptors (Lipinski definition) is 7. The average molecular weight is 464 g/mol. The van der Waals surface area contributed by atoms with Gasteiger partial charge < -0.3 is 36.6 Å². The van der Waals surface area contributed by atoms with E-state index in [-0.39, 0.29) is 25.1 Å². The van der Waals surface area contributed by atoms with Gasteiger partial charge in [0.05, 0.1) is 12.5 Å². The van der Waals surface area contributed by atoms with Gasteiger partial charge in [-0.2, -0.15) is 0 Å². The number of rotatable bonds is 10. The van der Waals surface area contributed by atoms with Crippen molar-refractivity contribution < 1.29 is 39.3 Å². The quantitative estimate of drug-likeness (QED) is 0.246. The number of carbonyl (C=O) groups excluding carboxylic acids is 3. The molecular weight excluding hydrogens is 436 g/mol. The molecule has 1 aromatic rings. The maximum atomic E-state index is 13.0. The molecule has 0 saturated carbocycles. The summed E-state index contributed by atoms with van der Waals surface area (Å²) in [6, 6.07) is 1.17. The van der Waals surface area contributed by atoms with Crippen molar-refractivity contribution >= 4 is 29.7 Å². The summed E-state index contributed by atoms with van der Waals surface area (Å²) < 4.78 is 0. The average Bonchev–Trinajstić information content (AvgIpc) is 3.23. The van der Waals surface area contributed by atoms with Crippen LogP contribution in [0, 0.1) is 0 Å². The molecule has 1 heterocycles. The molecule has 2 rings (SSSR count). The molecular formula is C21H28N4O8. The Bertz CT molecular complexity index is 902. The molecule has 0 bridgehead atoms. The highest BCUT2D eigenvalue weighted by Crippen LogP contribution is 2.20. The van der Waals surface area contributed by atoms with Crippen molar-refractivity contribution in [1.82, 2.24) is 15.5 Å². The largest absolute Gasteiger partial charge is 0.508 e. The summed E-state index contributed by atoms with van der Waals surface area (Å²) in [4.78, 5) is 61.8. The number of phenols is 1. The first-order valence-electron chi connectivity index (χ1n) is 10.4. The Hall–Kier alpha value is -3.67. The van der Waals surface area contributed by atoms with Gasteiger partial charge in [-0.05, 0) is 37.5 Å². The first kappa shape index (κ1) is 25.6. The Labute approximate surface area is 189 Å². The van der Waals surface area contributed by atoms with Crippen molar-refractivity contribution in [1.29, 1.82) is 0 Å². The minimum absolute atomic E-state index is 0.0156. The zero-order valence-electron chi connectivity index (χ0n) is 18.1. The second-order valence-electron chi connectivity index (χ2n) is 7.91. The van der Waals surface area contributed by atoms with E-state index in [1.807, 2.05) is 0 Å². The van der Waals surface area contributed by atoms with Gasteiger partial charge in [0.2, 0.25) is 17.7 Å². The summed E-state index contributed by atoms with van der Waals surface area (Å²) in [6.45, 7) is 1.53. The predicted octanol–water partition coefficient (Wildman–Crippen LogP) is -1.20. The number of nitrogens with two attached hydrogens (primary N) is 1. The zero-order chi connectivity index (χ0) is 24.7. The van der Waals surface area contributed by atoms with Crippen LogP contribution < -0.4 is 16.4 Å². The molecule has 1 aliphatic heterocycles. The molecule has 0 aromatic heterocycles. The van der Waals surface area contributed by atoms with Gasteiger partial charge in [-0.15, -0.1) is 0 Å². The summed E-state index contributed by atoms with van der Waals surface area (Å²) in [6.07, 6.45) is -0.0421. The number of phenolic OH excluding ortho intramolecular Hbond substituents is 1.